The van der Waals surface area contributed by atoms with Crippen LogP contribution in [-0.2, 0) is 30.7 Å². The molecule has 0 fully saturated rings. The quantitative estimate of drug-likeness (QED) is 0.154. The van der Waals surface area contributed by atoms with Crippen LogP contribution in [0.1, 0.15) is 22.3 Å². The molecule has 0 aliphatic heterocycles. The number of furan rings is 1. The summed E-state index contributed by atoms with van der Waals surface area (Å²) in [7, 11) is 0. The summed E-state index contributed by atoms with van der Waals surface area (Å²) in [4.78, 5) is 18.5. The Labute approximate surface area is 248 Å². The molecule has 0 amide bonds. The molecule has 0 unspecified atom stereocenters. The van der Waals surface area contributed by atoms with Gasteiger partial charge in [0.15, 0.2) is 5.13 Å². The van der Waals surface area contributed by atoms with Crippen LogP contribution in [0.4, 0.5) is 10.8 Å². The first kappa shape index (κ1) is 27.3. The van der Waals surface area contributed by atoms with Crippen LogP contribution in [0.25, 0.3) is 22.2 Å². The molecule has 0 radical (unpaired) electrons. The van der Waals surface area contributed by atoms with E-state index < -0.39 is 5.97 Å². The molecule has 0 aliphatic carbocycles. The van der Waals surface area contributed by atoms with Gasteiger partial charge in [-0.05, 0) is 35.2 Å². The van der Waals surface area contributed by atoms with E-state index in [1.54, 1.807) is 11.3 Å². The molecule has 210 valence electrons. The third-order valence-electron chi connectivity index (χ3n) is 7.24. The number of fused-ring (bicyclic) bond motifs is 1. The van der Waals surface area contributed by atoms with E-state index >= 15 is 0 Å². The van der Waals surface area contributed by atoms with E-state index in [0.29, 0.717) is 17.7 Å². The molecule has 0 atom stereocenters. The number of rotatable bonds is 12. The Balaban J connectivity index is 1.12. The summed E-state index contributed by atoms with van der Waals surface area (Å²) < 4.78 is 5.59. The van der Waals surface area contributed by atoms with Crippen molar-refractivity contribution in [2.24, 2.45) is 0 Å². The molecule has 0 saturated heterocycles. The van der Waals surface area contributed by atoms with Gasteiger partial charge in [-0.1, -0.05) is 84.9 Å². The van der Waals surface area contributed by atoms with Crippen molar-refractivity contribution in [2.45, 2.75) is 25.9 Å². The third-order valence-corrected chi connectivity index (χ3v) is 8.14. The van der Waals surface area contributed by atoms with Crippen molar-refractivity contribution in [1.29, 1.82) is 0 Å². The highest BCUT2D eigenvalue weighted by Crippen LogP contribution is 2.29. The van der Waals surface area contributed by atoms with Crippen molar-refractivity contribution in [3.05, 3.63) is 137 Å². The number of aliphatic carboxylic acids is 1. The van der Waals surface area contributed by atoms with Crippen molar-refractivity contribution < 1.29 is 14.3 Å². The van der Waals surface area contributed by atoms with E-state index in [2.05, 4.69) is 82.3 Å². The predicted molar refractivity (Wildman–Crippen MR) is 170 cm³/mol. The van der Waals surface area contributed by atoms with Gasteiger partial charge in [0.05, 0.1) is 18.4 Å². The molecule has 42 heavy (non-hydrogen) atoms. The number of aromatic nitrogens is 1. The van der Waals surface area contributed by atoms with Gasteiger partial charge in [-0.15, -0.1) is 11.3 Å². The Morgan fingerprint density at radius 1 is 0.881 bits per heavy atom. The third kappa shape index (κ3) is 6.70. The first-order valence-electron chi connectivity index (χ1n) is 13.9. The van der Waals surface area contributed by atoms with E-state index in [-0.39, 0.29) is 6.42 Å². The molecule has 6 nitrogen and oxygen atoms in total. The average molecular weight is 574 g/mol. The molecule has 6 aromatic rings. The van der Waals surface area contributed by atoms with Crippen LogP contribution in [0.3, 0.4) is 0 Å². The number of benzene rings is 4. The van der Waals surface area contributed by atoms with Gasteiger partial charge < -0.3 is 19.7 Å². The Morgan fingerprint density at radius 2 is 1.62 bits per heavy atom. The maximum Gasteiger partial charge on any atom is 0.307 e. The van der Waals surface area contributed by atoms with Gasteiger partial charge >= 0.3 is 5.97 Å². The van der Waals surface area contributed by atoms with Gasteiger partial charge in [-0.2, -0.15) is 0 Å². The summed E-state index contributed by atoms with van der Waals surface area (Å²) in [6.45, 7) is 2.31. The lowest BCUT2D eigenvalue weighted by atomic mass is 10.1. The van der Waals surface area contributed by atoms with Crippen molar-refractivity contribution in [3.63, 3.8) is 0 Å². The number of carboxylic acid groups (broad SMARTS) is 1. The summed E-state index contributed by atoms with van der Waals surface area (Å²) in [6.07, 6.45) is 2.42. The average Bonchev–Trinajstić information content (AvgIpc) is 3.67. The molecule has 0 saturated carbocycles. The number of anilines is 2. The van der Waals surface area contributed by atoms with E-state index in [1.165, 1.54) is 23.0 Å². The summed E-state index contributed by atoms with van der Waals surface area (Å²) >= 11 is 1.69. The van der Waals surface area contributed by atoms with Crippen LogP contribution < -0.4 is 10.2 Å². The second-order valence-electron chi connectivity index (χ2n) is 10.3. The van der Waals surface area contributed by atoms with E-state index in [4.69, 9.17) is 14.5 Å². The maximum atomic E-state index is 11.1. The lowest BCUT2D eigenvalue weighted by Crippen LogP contribution is -2.25. The van der Waals surface area contributed by atoms with E-state index in [9.17, 15) is 4.79 Å². The van der Waals surface area contributed by atoms with Crippen LogP contribution >= 0.6 is 11.3 Å². The number of hydrogen-bond acceptors (Lipinski definition) is 6. The molecule has 2 aromatic heterocycles. The smallest absolute Gasteiger partial charge is 0.307 e. The lowest BCUT2D eigenvalue weighted by Gasteiger charge is -2.22. The molecule has 2 heterocycles. The summed E-state index contributed by atoms with van der Waals surface area (Å²) in [5, 5.41) is 16.5. The van der Waals surface area contributed by atoms with Gasteiger partial charge in [0.1, 0.15) is 5.58 Å². The highest BCUT2D eigenvalue weighted by molar-refractivity contribution is 7.14. The zero-order valence-electron chi connectivity index (χ0n) is 23.1. The van der Waals surface area contributed by atoms with Crippen LogP contribution in [-0.4, -0.2) is 22.6 Å². The predicted octanol–water partition coefficient (Wildman–Crippen LogP) is 8.04. The molecule has 0 spiro atoms. The van der Waals surface area contributed by atoms with Gasteiger partial charge in [0, 0.05) is 53.3 Å². The number of carbonyl (C=O) groups is 1. The largest absolute Gasteiger partial charge is 0.481 e. The standard InChI is InChI=1S/C35H31N3O3S/c39-34(40)19-29-23-41-33-20-30(15-16-31(29)33)36-21-26-11-13-27(14-12-26)22-38(18-17-25-7-3-1-4-8-25)35-37-32(24-42-35)28-9-5-2-6-10-28/h1-16,20,23-24,36H,17-19,21-22H2,(H,39,40). The fraction of sp³-hybridized carbons (Fsp3) is 0.143. The molecular formula is C35H31N3O3S. The first-order valence-corrected chi connectivity index (χ1v) is 14.8. The maximum absolute atomic E-state index is 11.1. The van der Waals surface area contributed by atoms with Gasteiger partial charge in [-0.3, -0.25) is 4.79 Å². The fourth-order valence-electron chi connectivity index (χ4n) is 4.98. The van der Waals surface area contributed by atoms with Gasteiger partial charge in [0.25, 0.3) is 0 Å². The minimum Gasteiger partial charge on any atom is -0.481 e. The normalized spacial score (nSPS) is 11.0. The first-order chi connectivity index (χ1) is 20.6. The van der Waals surface area contributed by atoms with Gasteiger partial charge in [0.2, 0.25) is 0 Å². The summed E-state index contributed by atoms with van der Waals surface area (Å²) in [6, 6.07) is 35.4. The topological polar surface area (TPSA) is 78.6 Å². The lowest BCUT2D eigenvalue weighted by molar-refractivity contribution is -0.136. The van der Waals surface area contributed by atoms with Crippen molar-refractivity contribution >= 4 is 39.1 Å². The van der Waals surface area contributed by atoms with Crippen LogP contribution in [0.5, 0.6) is 0 Å². The Hall–Kier alpha value is -4.88. The zero-order valence-corrected chi connectivity index (χ0v) is 23.9. The molecular weight excluding hydrogens is 542 g/mol. The minimum absolute atomic E-state index is 0.0491. The van der Waals surface area contributed by atoms with Crippen LogP contribution in [0, 0.1) is 0 Å². The second kappa shape index (κ2) is 12.7. The SMILES string of the molecule is O=C(O)Cc1coc2cc(NCc3ccc(CN(CCc4ccccc4)c4nc(-c5ccccc5)cs4)cc3)ccc12. The minimum atomic E-state index is -0.869. The Kier molecular flexibility index (Phi) is 8.28. The number of nitrogens with zero attached hydrogens (tertiary/aromatic N) is 2. The van der Waals surface area contributed by atoms with E-state index in [1.807, 2.05) is 36.4 Å². The number of nitrogens with one attached hydrogen (secondary N) is 1. The molecule has 6 rings (SSSR count). The molecule has 7 heteroatoms. The highest BCUT2D eigenvalue weighted by Gasteiger charge is 2.14. The Bertz CT molecular complexity index is 1760. The Morgan fingerprint density at radius 3 is 2.38 bits per heavy atom. The summed E-state index contributed by atoms with van der Waals surface area (Å²) in [5.41, 5.74) is 8.14. The second-order valence-corrected chi connectivity index (χ2v) is 11.1. The van der Waals surface area contributed by atoms with Crippen molar-refractivity contribution in [1.82, 2.24) is 4.98 Å². The fourth-order valence-corrected chi connectivity index (χ4v) is 5.84. The number of hydrogen-bond donors (Lipinski definition) is 2. The van der Waals surface area contributed by atoms with Crippen LogP contribution in [0.2, 0.25) is 0 Å². The number of carboxylic acids is 1. The van der Waals surface area contributed by atoms with Crippen molar-refractivity contribution in [2.75, 3.05) is 16.8 Å². The van der Waals surface area contributed by atoms with Crippen LogP contribution in [0.15, 0.2) is 119 Å². The summed E-state index contributed by atoms with van der Waals surface area (Å²) in [5.74, 6) is -0.869. The monoisotopic (exact) mass is 573 g/mol. The molecule has 0 aliphatic rings. The van der Waals surface area contributed by atoms with Crippen molar-refractivity contribution in [3.8, 4) is 11.3 Å². The molecule has 2 N–H and O–H groups in total. The zero-order chi connectivity index (χ0) is 28.7. The highest BCUT2D eigenvalue weighted by atomic mass is 32.1. The van der Waals surface area contributed by atoms with Gasteiger partial charge in [-0.25, -0.2) is 4.98 Å². The molecule has 0 bridgehead atoms. The molecule has 4 aromatic carbocycles. The van der Waals surface area contributed by atoms with E-state index in [0.717, 1.165) is 47.0 Å². The number of thiazole rings is 1.